The lowest BCUT2D eigenvalue weighted by Crippen LogP contribution is -2.04. The van der Waals surface area contributed by atoms with Gasteiger partial charge in [0.2, 0.25) is 0 Å². The summed E-state index contributed by atoms with van der Waals surface area (Å²) in [7, 11) is 0. The number of benzene rings is 3. The minimum atomic E-state index is -4.46. The standard InChI is InChI=1S/C29H18F3N3S/c30-29(31,32)21-13-15-34-28(18-21)36-22-7-5-6-19(16-22)20-11-12-24-23-8-1-2-9-25(23)35(26(24)17-20)27-10-3-4-14-33-27/h1-18H/i1D,5D. The smallest absolute Gasteiger partial charge is 0.294 e. The molecule has 0 radical (unpaired) electrons. The van der Waals surface area contributed by atoms with Crippen LogP contribution in [0, 0.1) is 0 Å². The van der Waals surface area contributed by atoms with E-state index in [0.29, 0.717) is 10.9 Å². The van der Waals surface area contributed by atoms with E-state index < -0.39 is 11.7 Å². The highest BCUT2D eigenvalue weighted by Gasteiger charge is 2.30. The van der Waals surface area contributed by atoms with E-state index in [4.69, 9.17) is 2.74 Å². The fourth-order valence-electron chi connectivity index (χ4n) is 4.26. The van der Waals surface area contributed by atoms with Gasteiger partial charge in [0.05, 0.1) is 19.3 Å². The molecule has 3 nitrogen and oxygen atoms in total. The summed E-state index contributed by atoms with van der Waals surface area (Å²) in [6.45, 7) is 0. The summed E-state index contributed by atoms with van der Waals surface area (Å²) in [5.74, 6) is 0.739. The molecule has 6 rings (SSSR count). The largest absolute Gasteiger partial charge is 0.416 e. The van der Waals surface area contributed by atoms with Crippen molar-refractivity contribution in [2.45, 2.75) is 16.1 Å². The number of rotatable bonds is 4. The molecule has 0 atom stereocenters. The third-order valence-electron chi connectivity index (χ3n) is 5.87. The van der Waals surface area contributed by atoms with Crippen molar-refractivity contribution < 1.29 is 15.9 Å². The number of halogens is 3. The van der Waals surface area contributed by atoms with E-state index in [1.165, 1.54) is 0 Å². The molecule has 3 aromatic carbocycles. The Morgan fingerprint density at radius 3 is 2.42 bits per heavy atom. The monoisotopic (exact) mass is 499 g/mol. The molecule has 0 bridgehead atoms. The second-order valence-electron chi connectivity index (χ2n) is 8.14. The summed E-state index contributed by atoms with van der Waals surface area (Å²) < 4.78 is 58.0. The SMILES string of the molecule is [2H]c1cc(Sc2cc(C(F)(F)F)ccn2)cc(-c2ccc3c4cc([2H])ccc4n(-c4ccccn4)c3c2)c1. The highest BCUT2D eigenvalue weighted by molar-refractivity contribution is 7.99. The van der Waals surface area contributed by atoms with E-state index in [-0.39, 0.29) is 11.1 Å². The molecular formula is C29H18F3N3S. The zero-order chi connectivity index (χ0) is 26.4. The molecule has 0 saturated heterocycles. The van der Waals surface area contributed by atoms with Crippen LogP contribution >= 0.6 is 11.8 Å². The summed E-state index contributed by atoms with van der Waals surface area (Å²) in [5.41, 5.74) is 2.66. The van der Waals surface area contributed by atoms with Gasteiger partial charge in [-0.15, -0.1) is 0 Å². The third-order valence-corrected chi connectivity index (χ3v) is 6.77. The van der Waals surface area contributed by atoms with Crippen LogP contribution in [0.25, 0.3) is 38.8 Å². The summed E-state index contributed by atoms with van der Waals surface area (Å²) >= 11 is 1.08. The van der Waals surface area contributed by atoms with Crippen molar-refractivity contribution in [2.24, 2.45) is 0 Å². The predicted molar refractivity (Wildman–Crippen MR) is 137 cm³/mol. The van der Waals surface area contributed by atoms with Gasteiger partial charge in [0.25, 0.3) is 0 Å². The van der Waals surface area contributed by atoms with Crippen molar-refractivity contribution in [1.82, 2.24) is 14.5 Å². The second kappa shape index (κ2) is 8.84. The van der Waals surface area contributed by atoms with E-state index in [0.717, 1.165) is 68.8 Å². The number of fused-ring (bicyclic) bond motifs is 3. The maximum atomic E-state index is 13.2. The van der Waals surface area contributed by atoms with Crippen molar-refractivity contribution in [3.8, 4) is 16.9 Å². The molecule has 0 fully saturated rings. The lowest BCUT2D eigenvalue weighted by Gasteiger charge is -2.10. The Kier molecular flexibility index (Phi) is 4.94. The van der Waals surface area contributed by atoms with Crippen LogP contribution in [-0.4, -0.2) is 14.5 Å². The zero-order valence-corrected chi connectivity index (χ0v) is 19.4. The Hall–Kier alpha value is -4.10. The zero-order valence-electron chi connectivity index (χ0n) is 20.6. The summed E-state index contributed by atoms with van der Waals surface area (Å²) in [6.07, 6.45) is -1.59. The van der Waals surface area contributed by atoms with Gasteiger partial charge >= 0.3 is 6.18 Å². The molecule has 0 aliphatic rings. The lowest BCUT2D eigenvalue weighted by atomic mass is 10.0. The van der Waals surface area contributed by atoms with Gasteiger partial charge in [-0.25, -0.2) is 9.97 Å². The number of aromatic nitrogens is 3. The Labute approximate surface area is 212 Å². The molecule has 0 aliphatic heterocycles. The van der Waals surface area contributed by atoms with Gasteiger partial charge < -0.3 is 0 Å². The molecule has 0 spiro atoms. The number of hydrogen-bond acceptors (Lipinski definition) is 3. The lowest BCUT2D eigenvalue weighted by molar-refractivity contribution is -0.137. The molecule has 36 heavy (non-hydrogen) atoms. The Morgan fingerprint density at radius 2 is 1.58 bits per heavy atom. The van der Waals surface area contributed by atoms with Crippen LogP contribution in [0.1, 0.15) is 8.30 Å². The van der Waals surface area contributed by atoms with Gasteiger partial charge in [-0.2, -0.15) is 13.2 Å². The Morgan fingerprint density at radius 1 is 0.722 bits per heavy atom. The van der Waals surface area contributed by atoms with Gasteiger partial charge in [0.1, 0.15) is 10.8 Å². The van der Waals surface area contributed by atoms with Gasteiger partial charge in [0, 0.05) is 28.1 Å². The van der Waals surface area contributed by atoms with E-state index >= 15 is 0 Å². The first-order valence-electron chi connectivity index (χ1n) is 12.1. The molecule has 7 heteroatoms. The molecule has 3 aromatic heterocycles. The molecule has 0 aliphatic carbocycles. The highest BCUT2D eigenvalue weighted by Crippen LogP contribution is 2.37. The average Bonchev–Trinajstić information content (AvgIpc) is 3.21. The van der Waals surface area contributed by atoms with Crippen molar-refractivity contribution in [3.05, 3.63) is 115 Å². The minimum absolute atomic E-state index is 0.202. The van der Waals surface area contributed by atoms with Gasteiger partial charge in [-0.05, 0) is 59.7 Å². The number of para-hydroxylation sites is 1. The molecule has 0 amide bonds. The fourth-order valence-corrected chi connectivity index (χ4v) is 5.11. The van der Waals surface area contributed by atoms with E-state index in [1.54, 1.807) is 24.4 Å². The van der Waals surface area contributed by atoms with E-state index in [1.807, 2.05) is 59.2 Å². The molecule has 0 unspecified atom stereocenters. The molecule has 176 valence electrons. The quantitative estimate of drug-likeness (QED) is 0.244. The van der Waals surface area contributed by atoms with Crippen LogP contribution in [0.4, 0.5) is 13.2 Å². The average molecular weight is 500 g/mol. The Balaban J connectivity index is 1.47. The number of alkyl halides is 3. The van der Waals surface area contributed by atoms with E-state index in [9.17, 15) is 13.2 Å². The topological polar surface area (TPSA) is 30.7 Å². The van der Waals surface area contributed by atoms with Crippen LogP contribution in [0.5, 0.6) is 0 Å². The summed E-state index contributed by atoms with van der Waals surface area (Å²) in [5, 5.41) is 2.10. The van der Waals surface area contributed by atoms with Crippen LogP contribution in [0.3, 0.4) is 0 Å². The molecule has 3 heterocycles. The van der Waals surface area contributed by atoms with Crippen LogP contribution in [-0.2, 0) is 6.18 Å². The summed E-state index contributed by atoms with van der Waals surface area (Å²) in [4.78, 5) is 9.23. The van der Waals surface area contributed by atoms with Crippen molar-refractivity contribution in [1.29, 1.82) is 0 Å². The van der Waals surface area contributed by atoms with Gasteiger partial charge in [0.15, 0.2) is 0 Å². The first kappa shape index (κ1) is 20.1. The molecule has 0 N–H and O–H groups in total. The van der Waals surface area contributed by atoms with Crippen LogP contribution < -0.4 is 0 Å². The second-order valence-corrected chi connectivity index (χ2v) is 9.23. The predicted octanol–water partition coefficient (Wildman–Crippen LogP) is 8.41. The molecular weight excluding hydrogens is 479 g/mol. The van der Waals surface area contributed by atoms with Crippen molar-refractivity contribution >= 4 is 33.6 Å². The van der Waals surface area contributed by atoms with Crippen molar-refractivity contribution in [2.75, 3.05) is 0 Å². The first-order chi connectivity index (χ1) is 18.3. The van der Waals surface area contributed by atoms with E-state index in [2.05, 4.69) is 9.97 Å². The van der Waals surface area contributed by atoms with Gasteiger partial charge in [-0.1, -0.05) is 60.2 Å². The maximum absolute atomic E-state index is 13.2. The Bertz CT molecular complexity index is 1820. The summed E-state index contributed by atoms with van der Waals surface area (Å²) in [6, 6.07) is 24.9. The number of pyridine rings is 2. The van der Waals surface area contributed by atoms with Crippen molar-refractivity contribution in [3.63, 3.8) is 0 Å². The number of hydrogen-bond donors (Lipinski definition) is 0. The molecule has 6 aromatic rings. The fraction of sp³-hybridized carbons (Fsp3) is 0.0345. The van der Waals surface area contributed by atoms with Crippen LogP contribution in [0.15, 0.2) is 119 Å². The van der Waals surface area contributed by atoms with Crippen LogP contribution in [0.2, 0.25) is 0 Å². The highest BCUT2D eigenvalue weighted by atomic mass is 32.2. The normalized spacial score (nSPS) is 12.6. The minimum Gasteiger partial charge on any atom is -0.294 e. The first-order valence-corrected chi connectivity index (χ1v) is 11.9. The molecule has 0 saturated carbocycles. The van der Waals surface area contributed by atoms with Gasteiger partial charge in [-0.3, -0.25) is 4.57 Å². The third kappa shape index (κ3) is 4.12. The number of nitrogens with zero attached hydrogens (tertiary/aromatic N) is 3. The maximum Gasteiger partial charge on any atom is 0.416 e.